The van der Waals surface area contributed by atoms with Gasteiger partial charge in [0.1, 0.15) is 0 Å². The second-order valence-electron chi connectivity index (χ2n) is 6.77. The number of para-hydroxylation sites is 1. The summed E-state index contributed by atoms with van der Waals surface area (Å²) in [5.41, 5.74) is 4.86. The van der Waals surface area contributed by atoms with Crippen LogP contribution in [0.2, 0.25) is 0 Å². The zero-order valence-electron chi connectivity index (χ0n) is 17.6. The van der Waals surface area contributed by atoms with Crippen LogP contribution in [-0.2, 0) is 24.1 Å². The molecular formula is C23H28N2O4. The highest BCUT2D eigenvalue weighted by Gasteiger charge is 2.21. The summed E-state index contributed by atoms with van der Waals surface area (Å²) in [6.45, 7) is 4.18. The van der Waals surface area contributed by atoms with Gasteiger partial charge in [0.2, 0.25) is 11.7 Å². The molecule has 0 saturated carbocycles. The number of benzene rings is 2. The van der Waals surface area contributed by atoms with E-state index < -0.39 is 0 Å². The number of aryl methyl sites for hydroxylation is 2. The van der Waals surface area contributed by atoms with Crippen LogP contribution in [0.3, 0.4) is 0 Å². The van der Waals surface area contributed by atoms with Crippen LogP contribution in [0.1, 0.15) is 30.5 Å². The van der Waals surface area contributed by atoms with Gasteiger partial charge in [0.05, 0.1) is 33.3 Å². The number of methoxy groups -OCH3 is 3. The lowest BCUT2D eigenvalue weighted by Crippen LogP contribution is -2.17. The Labute approximate surface area is 171 Å². The van der Waals surface area contributed by atoms with E-state index >= 15 is 0 Å². The first kappa shape index (κ1) is 20.6. The van der Waals surface area contributed by atoms with Crippen molar-refractivity contribution < 1.29 is 19.0 Å². The highest BCUT2D eigenvalue weighted by atomic mass is 16.5. The van der Waals surface area contributed by atoms with Crippen LogP contribution >= 0.6 is 0 Å². The summed E-state index contributed by atoms with van der Waals surface area (Å²) in [5, 5.41) is 3.94. The van der Waals surface area contributed by atoms with E-state index in [0.29, 0.717) is 17.2 Å². The van der Waals surface area contributed by atoms with Crippen LogP contribution < -0.4 is 19.5 Å². The Morgan fingerprint density at radius 2 is 1.62 bits per heavy atom. The number of aromatic amines is 1. The second kappa shape index (κ2) is 8.90. The third kappa shape index (κ3) is 3.88. The zero-order chi connectivity index (χ0) is 21.0. The van der Waals surface area contributed by atoms with Gasteiger partial charge in [0.25, 0.3) is 0 Å². The number of hydrogen-bond donors (Lipinski definition) is 2. The Morgan fingerprint density at radius 3 is 2.17 bits per heavy atom. The molecule has 0 atom stereocenters. The van der Waals surface area contributed by atoms with Gasteiger partial charge in [-0.15, -0.1) is 0 Å². The summed E-state index contributed by atoms with van der Waals surface area (Å²) < 4.78 is 16.5. The van der Waals surface area contributed by atoms with Gasteiger partial charge >= 0.3 is 0 Å². The first-order chi connectivity index (χ1) is 14.1. The molecule has 0 aliphatic carbocycles. The highest BCUT2D eigenvalue weighted by Crippen LogP contribution is 2.44. The molecule has 1 amide bonds. The van der Waals surface area contributed by atoms with Crippen LogP contribution in [0.5, 0.6) is 17.2 Å². The molecule has 154 valence electrons. The van der Waals surface area contributed by atoms with Gasteiger partial charge in [-0.3, -0.25) is 4.79 Å². The van der Waals surface area contributed by atoms with Crippen molar-refractivity contribution in [2.24, 2.45) is 0 Å². The number of aromatic nitrogens is 1. The Balaban J connectivity index is 1.96. The number of amides is 1. The van der Waals surface area contributed by atoms with Gasteiger partial charge in [0, 0.05) is 23.3 Å². The summed E-state index contributed by atoms with van der Waals surface area (Å²) in [7, 11) is 4.73. The highest BCUT2D eigenvalue weighted by molar-refractivity contribution is 6.00. The largest absolute Gasteiger partial charge is 0.493 e. The summed E-state index contributed by atoms with van der Waals surface area (Å²) in [4.78, 5) is 16.1. The molecule has 6 nitrogen and oxygen atoms in total. The molecule has 0 aliphatic heterocycles. The molecule has 29 heavy (non-hydrogen) atoms. The predicted octanol–water partition coefficient (Wildman–Crippen LogP) is 4.50. The first-order valence-electron chi connectivity index (χ1n) is 9.77. The minimum atomic E-state index is -0.0710. The predicted molar refractivity (Wildman–Crippen MR) is 115 cm³/mol. The monoisotopic (exact) mass is 396 g/mol. The average molecular weight is 396 g/mol. The number of fused-ring (bicyclic) bond motifs is 1. The van der Waals surface area contributed by atoms with Crippen molar-refractivity contribution in [3.05, 3.63) is 47.2 Å². The van der Waals surface area contributed by atoms with Crippen molar-refractivity contribution in [1.29, 1.82) is 0 Å². The molecule has 0 saturated heterocycles. The molecule has 0 fully saturated rings. The number of rotatable bonds is 8. The molecule has 0 unspecified atom stereocenters. The quantitative estimate of drug-likeness (QED) is 0.588. The van der Waals surface area contributed by atoms with E-state index in [1.54, 1.807) is 21.3 Å². The molecule has 0 radical (unpaired) electrons. The van der Waals surface area contributed by atoms with Crippen LogP contribution in [0.15, 0.2) is 30.5 Å². The number of nitrogens with one attached hydrogen (secondary N) is 2. The van der Waals surface area contributed by atoms with Gasteiger partial charge in [-0.1, -0.05) is 32.0 Å². The number of carbonyl (C=O) groups is 1. The van der Waals surface area contributed by atoms with Crippen molar-refractivity contribution in [2.45, 2.75) is 33.1 Å². The van der Waals surface area contributed by atoms with Crippen molar-refractivity contribution in [1.82, 2.24) is 4.98 Å². The van der Waals surface area contributed by atoms with Gasteiger partial charge < -0.3 is 24.5 Å². The molecule has 0 aliphatic rings. The van der Waals surface area contributed by atoms with Crippen molar-refractivity contribution in [3.8, 4) is 17.2 Å². The molecule has 2 N–H and O–H groups in total. The molecule has 1 heterocycles. The normalized spacial score (nSPS) is 10.8. The Morgan fingerprint density at radius 1 is 0.966 bits per heavy atom. The van der Waals surface area contributed by atoms with E-state index in [-0.39, 0.29) is 12.3 Å². The lowest BCUT2D eigenvalue weighted by Gasteiger charge is -2.15. The summed E-state index contributed by atoms with van der Waals surface area (Å²) >= 11 is 0. The molecule has 0 bridgehead atoms. The SMILES string of the molecule is CCc1cccc(CC)c1NC(=O)Cc1c[nH]c2cc(OC)c(OC)c(OC)c12. The first-order valence-corrected chi connectivity index (χ1v) is 9.77. The molecule has 6 heteroatoms. The number of ether oxygens (including phenoxy) is 3. The minimum Gasteiger partial charge on any atom is -0.493 e. The Hall–Kier alpha value is -3.15. The van der Waals surface area contributed by atoms with Crippen LogP contribution in [0, 0.1) is 0 Å². The van der Waals surface area contributed by atoms with E-state index in [1.807, 2.05) is 18.3 Å². The smallest absolute Gasteiger partial charge is 0.228 e. The molecule has 2 aromatic carbocycles. The van der Waals surface area contributed by atoms with E-state index in [0.717, 1.165) is 46.1 Å². The van der Waals surface area contributed by atoms with E-state index in [9.17, 15) is 4.79 Å². The van der Waals surface area contributed by atoms with E-state index in [2.05, 4.69) is 36.3 Å². The topological polar surface area (TPSA) is 72.6 Å². The molecule has 1 aromatic heterocycles. The third-order valence-corrected chi connectivity index (χ3v) is 5.17. The summed E-state index contributed by atoms with van der Waals surface area (Å²) in [5.74, 6) is 1.56. The number of carbonyl (C=O) groups excluding carboxylic acids is 1. The van der Waals surface area contributed by atoms with Crippen LogP contribution in [0.4, 0.5) is 5.69 Å². The van der Waals surface area contributed by atoms with Crippen LogP contribution in [-0.4, -0.2) is 32.2 Å². The fourth-order valence-electron chi connectivity index (χ4n) is 3.73. The van der Waals surface area contributed by atoms with Gasteiger partial charge in [0.15, 0.2) is 11.5 Å². The second-order valence-corrected chi connectivity index (χ2v) is 6.77. The Bertz CT molecular complexity index is 1000. The number of H-pyrrole nitrogens is 1. The molecule has 3 aromatic rings. The van der Waals surface area contributed by atoms with Gasteiger partial charge in [-0.2, -0.15) is 0 Å². The van der Waals surface area contributed by atoms with Crippen LogP contribution in [0.25, 0.3) is 10.9 Å². The lowest BCUT2D eigenvalue weighted by atomic mass is 10.0. The van der Waals surface area contributed by atoms with Gasteiger partial charge in [-0.25, -0.2) is 0 Å². The maximum Gasteiger partial charge on any atom is 0.228 e. The summed E-state index contributed by atoms with van der Waals surface area (Å²) in [6, 6.07) is 8.00. The van der Waals surface area contributed by atoms with Crippen molar-refractivity contribution in [3.63, 3.8) is 0 Å². The average Bonchev–Trinajstić information content (AvgIpc) is 3.14. The maximum atomic E-state index is 12.9. The molecular weight excluding hydrogens is 368 g/mol. The van der Waals surface area contributed by atoms with Crippen molar-refractivity contribution in [2.75, 3.05) is 26.6 Å². The molecule has 0 spiro atoms. The number of anilines is 1. The third-order valence-electron chi connectivity index (χ3n) is 5.17. The Kier molecular flexibility index (Phi) is 6.32. The number of hydrogen-bond acceptors (Lipinski definition) is 4. The summed E-state index contributed by atoms with van der Waals surface area (Å²) in [6.07, 6.45) is 3.77. The molecule has 3 rings (SSSR count). The zero-order valence-corrected chi connectivity index (χ0v) is 17.6. The van der Waals surface area contributed by atoms with Gasteiger partial charge in [-0.05, 0) is 29.5 Å². The fraction of sp³-hybridized carbons (Fsp3) is 0.348. The van der Waals surface area contributed by atoms with E-state index in [1.165, 1.54) is 0 Å². The fourth-order valence-corrected chi connectivity index (χ4v) is 3.73. The van der Waals surface area contributed by atoms with Crippen molar-refractivity contribution >= 4 is 22.5 Å². The maximum absolute atomic E-state index is 12.9. The lowest BCUT2D eigenvalue weighted by molar-refractivity contribution is -0.115. The standard InChI is InChI=1S/C23H28N2O4/c1-6-14-9-8-10-15(7-2)21(14)25-19(26)11-16-13-24-17-12-18(27-3)22(28-4)23(29-5)20(16)17/h8-10,12-13,24H,6-7,11H2,1-5H3,(H,25,26). The van der Waals surface area contributed by atoms with E-state index in [4.69, 9.17) is 14.2 Å². The minimum absolute atomic E-state index is 0.0710.